The third-order valence-electron chi connectivity index (χ3n) is 5.41. The van der Waals surface area contributed by atoms with Crippen molar-refractivity contribution in [3.05, 3.63) is 35.9 Å². The molecule has 0 spiro atoms. The second-order valence-corrected chi connectivity index (χ2v) is 6.99. The molecule has 128 valence electrons. The Morgan fingerprint density at radius 1 is 1.09 bits per heavy atom. The summed E-state index contributed by atoms with van der Waals surface area (Å²) in [5.74, 6) is 0.393. The second-order valence-electron chi connectivity index (χ2n) is 6.99. The normalized spacial score (nSPS) is 24.4. The third kappa shape index (κ3) is 4.54. The first-order chi connectivity index (χ1) is 11.2. The van der Waals surface area contributed by atoms with Gasteiger partial charge in [-0.15, -0.1) is 0 Å². The molecule has 0 bridgehead atoms. The number of morpholine rings is 1. The molecule has 0 saturated carbocycles. The lowest BCUT2D eigenvalue weighted by Crippen LogP contribution is -2.48. The van der Waals surface area contributed by atoms with E-state index in [1.165, 1.54) is 0 Å². The maximum atomic E-state index is 10.6. The Labute approximate surface area is 140 Å². The van der Waals surface area contributed by atoms with Gasteiger partial charge in [-0.2, -0.15) is 0 Å². The highest BCUT2D eigenvalue weighted by Crippen LogP contribution is 2.31. The standard InChI is InChI=1S/C19H30N2O2/c1-16(15-20-11-13-23-14-12-20)21-9-7-18(8-10-21)19(22)17-5-3-2-4-6-17/h2-6,16,18-19,22H,7-15H2,1H3. The smallest absolute Gasteiger partial charge is 0.0819 e. The Bertz CT molecular complexity index is 454. The molecule has 2 heterocycles. The van der Waals surface area contributed by atoms with E-state index in [2.05, 4.69) is 16.7 Å². The number of piperidine rings is 1. The van der Waals surface area contributed by atoms with Crippen LogP contribution in [0.1, 0.15) is 31.4 Å². The van der Waals surface area contributed by atoms with Crippen LogP contribution in [0, 0.1) is 5.92 Å². The van der Waals surface area contributed by atoms with Crippen molar-refractivity contribution >= 4 is 0 Å². The number of likely N-dealkylation sites (tertiary alicyclic amines) is 1. The molecule has 3 rings (SSSR count). The average Bonchev–Trinajstić information content (AvgIpc) is 2.63. The Balaban J connectivity index is 1.46. The maximum Gasteiger partial charge on any atom is 0.0819 e. The van der Waals surface area contributed by atoms with Crippen molar-refractivity contribution in [2.24, 2.45) is 5.92 Å². The monoisotopic (exact) mass is 318 g/mol. The van der Waals surface area contributed by atoms with Crippen LogP contribution < -0.4 is 0 Å². The second kappa shape index (κ2) is 8.25. The van der Waals surface area contributed by atoms with Crippen LogP contribution in [-0.2, 0) is 4.74 Å². The highest BCUT2D eigenvalue weighted by molar-refractivity contribution is 5.18. The molecule has 4 nitrogen and oxygen atoms in total. The summed E-state index contributed by atoms with van der Waals surface area (Å²) in [6.45, 7) is 9.54. The van der Waals surface area contributed by atoms with E-state index < -0.39 is 0 Å². The molecule has 1 aromatic carbocycles. The number of aliphatic hydroxyl groups is 1. The van der Waals surface area contributed by atoms with Gasteiger partial charge >= 0.3 is 0 Å². The average molecular weight is 318 g/mol. The molecule has 0 aliphatic carbocycles. The highest BCUT2D eigenvalue weighted by Gasteiger charge is 2.28. The fourth-order valence-electron chi connectivity index (χ4n) is 3.87. The van der Waals surface area contributed by atoms with Gasteiger partial charge in [0.25, 0.3) is 0 Å². The highest BCUT2D eigenvalue weighted by atomic mass is 16.5. The molecule has 0 aromatic heterocycles. The molecular weight excluding hydrogens is 288 g/mol. The van der Waals surface area contributed by atoms with Crippen molar-refractivity contribution in [1.29, 1.82) is 0 Å². The van der Waals surface area contributed by atoms with Gasteiger partial charge in [0.1, 0.15) is 0 Å². The number of aliphatic hydroxyl groups excluding tert-OH is 1. The SMILES string of the molecule is CC(CN1CCOCC1)N1CCC(C(O)c2ccccc2)CC1. The summed E-state index contributed by atoms with van der Waals surface area (Å²) in [4.78, 5) is 5.10. The Hall–Kier alpha value is -0.940. The van der Waals surface area contributed by atoms with Gasteiger partial charge < -0.3 is 9.84 Å². The fourth-order valence-corrected chi connectivity index (χ4v) is 3.87. The molecule has 1 aromatic rings. The van der Waals surface area contributed by atoms with Gasteiger partial charge in [-0.05, 0) is 44.3 Å². The molecule has 2 unspecified atom stereocenters. The Morgan fingerprint density at radius 3 is 2.39 bits per heavy atom. The molecule has 0 radical (unpaired) electrons. The van der Waals surface area contributed by atoms with Gasteiger partial charge in [-0.3, -0.25) is 9.80 Å². The van der Waals surface area contributed by atoms with Crippen LogP contribution in [0.25, 0.3) is 0 Å². The number of hydrogen-bond acceptors (Lipinski definition) is 4. The molecule has 4 heteroatoms. The predicted octanol–water partition coefficient (Wildman–Crippen LogP) is 2.15. The van der Waals surface area contributed by atoms with Crippen LogP contribution in [0.4, 0.5) is 0 Å². The zero-order chi connectivity index (χ0) is 16.1. The quantitative estimate of drug-likeness (QED) is 0.902. The summed E-state index contributed by atoms with van der Waals surface area (Å²) >= 11 is 0. The van der Waals surface area contributed by atoms with Crippen molar-refractivity contribution in [1.82, 2.24) is 9.80 Å². The van der Waals surface area contributed by atoms with Crippen LogP contribution in [-0.4, -0.2) is 66.9 Å². The van der Waals surface area contributed by atoms with Gasteiger partial charge in [-0.1, -0.05) is 30.3 Å². The van der Waals surface area contributed by atoms with Crippen molar-refractivity contribution in [3.8, 4) is 0 Å². The lowest BCUT2D eigenvalue weighted by Gasteiger charge is -2.40. The zero-order valence-corrected chi connectivity index (χ0v) is 14.2. The van der Waals surface area contributed by atoms with Crippen LogP contribution in [0.5, 0.6) is 0 Å². The van der Waals surface area contributed by atoms with E-state index in [1.54, 1.807) is 0 Å². The van der Waals surface area contributed by atoms with E-state index in [1.807, 2.05) is 30.3 Å². The van der Waals surface area contributed by atoms with Gasteiger partial charge in [0.2, 0.25) is 0 Å². The molecule has 2 aliphatic rings. The lowest BCUT2D eigenvalue weighted by molar-refractivity contribution is 0.0114. The molecule has 0 amide bonds. The number of rotatable bonds is 5. The van der Waals surface area contributed by atoms with Gasteiger partial charge in [-0.25, -0.2) is 0 Å². The summed E-state index contributed by atoms with van der Waals surface area (Å²) in [6, 6.07) is 10.7. The fraction of sp³-hybridized carbons (Fsp3) is 0.684. The van der Waals surface area contributed by atoms with E-state index in [9.17, 15) is 5.11 Å². The van der Waals surface area contributed by atoms with Crippen LogP contribution in [0.3, 0.4) is 0 Å². The summed E-state index contributed by atoms with van der Waals surface area (Å²) in [7, 11) is 0. The van der Waals surface area contributed by atoms with Crippen LogP contribution in [0.15, 0.2) is 30.3 Å². The molecule has 2 atom stereocenters. The zero-order valence-electron chi connectivity index (χ0n) is 14.2. The summed E-state index contributed by atoms with van der Waals surface area (Å²) in [5.41, 5.74) is 1.06. The first kappa shape index (κ1) is 16.9. The minimum Gasteiger partial charge on any atom is -0.388 e. The number of ether oxygens (including phenoxy) is 1. The Kier molecular flexibility index (Phi) is 6.06. The van der Waals surface area contributed by atoms with E-state index in [0.717, 1.165) is 64.3 Å². The molecule has 2 saturated heterocycles. The maximum absolute atomic E-state index is 10.6. The van der Waals surface area contributed by atoms with Crippen molar-refractivity contribution in [2.45, 2.75) is 31.9 Å². The van der Waals surface area contributed by atoms with Gasteiger partial charge in [0.05, 0.1) is 19.3 Å². The van der Waals surface area contributed by atoms with Crippen molar-refractivity contribution < 1.29 is 9.84 Å². The van der Waals surface area contributed by atoms with E-state index in [4.69, 9.17) is 4.74 Å². The topological polar surface area (TPSA) is 35.9 Å². The largest absolute Gasteiger partial charge is 0.388 e. The van der Waals surface area contributed by atoms with E-state index >= 15 is 0 Å². The predicted molar refractivity (Wildman–Crippen MR) is 92.4 cm³/mol. The van der Waals surface area contributed by atoms with Crippen molar-refractivity contribution in [2.75, 3.05) is 45.9 Å². The van der Waals surface area contributed by atoms with Crippen molar-refractivity contribution in [3.63, 3.8) is 0 Å². The van der Waals surface area contributed by atoms with Gasteiger partial charge in [0.15, 0.2) is 0 Å². The first-order valence-electron chi connectivity index (χ1n) is 9.01. The Morgan fingerprint density at radius 2 is 1.74 bits per heavy atom. The number of hydrogen-bond donors (Lipinski definition) is 1. The summed E-state index contributed by atoms with van der Waals surface area (Å²) < 4.78 is 5.43. The minimum absolute atomic E-state index is 0.312. The minimum atomic E-state index is -0.312. The molecule has 23 heavy (non-hydrogen) atoms. The van der Waals surface area contributed by atoms with E-state index in [0.29, 0.717) is 12.0 Å². The number of nitrogens with zero attached hydrogens (tertiary/aromatic N) is 2. The van der Waals surface area contributed by atoms with E-state index in [-0.39, 0.29) is 6.10 Å². The number of benzene rings is 1. The van der Waals surface area contributed by atoms with Crippen LogP contribution in [0.2, 0.25) is 0 Å². The first-order valence-corrected chi connectivity index (χ1v) is 9.01. The molecule has 1 N–H and O–H groups in total. The van der Waals surface area contributed by atoms with Gasteiger partial charge in [0, 0.05) is 25.7 Å². The molecule has 2 fully saturated rings. The van der Waals surface area contributed by atoms with Crippen LogP contribution >= 0.6 is 0 Å². The molecular formula is C19H30N2O2. The lowest BCUT2D eigenvalue weighted by atomic mass is 9.87. The summed E-state index contributed by atoms with van der Waals surface area (Å²) in [6.07, 6.45) is 1.86. The molecule has 2 aliphatic heterocycles. The summed E-state index contributed by atoms with van der Waals surface area (Å²) in [5, 5.41) is 10.6. The third-order valence-corrected chi connectivity index (χ3v) is 5.41.